The van der Waals surface area contributed by atoms with Crippen LogP contribution in [0.15, 0.2) is 36.5 Å². The van der Waals surface area contributed by atoms with Crippen molar-refractivity contribution in [2.24, 2.45) is 0 Å². The van der Waals surface area contributed by atoms with Gasteiger partial charge in [-0.15, -0.1) is 0 Å². The fourth-order valence-electron chi connectivity index (χ4n) is 2.88. The Labute approximate surface area is 136 Å². The number of hydrogen-bond acceptors (Lipinski definition) is 4. The first-order chi connectivity index (χ1) is 11.2. The molecule has 0 saturated carbocycles. The number of benzene rings is 1. The molecule has 0 radical (unpaired) electrons. The fourth-order valence-corrected chi connectivity index (χ4v) is 2.88. The maximum absolute atomic E-state index is 12.6. The van der Waals surface area contributed by atoms with Gasteiger partial charge in [-0.25, -0.2) is 4.68 Å². The second-order valence-electron chi connectivity index (χ2n) is 5.72. The number of nitrogens with zero attached hydrogens (tertiary/aromatic N) is 3. The maximum Gasteiger partial charge on any atom is 0.274 e. The lowest BCUT2D eigenvalue weighted by atomic mass is 10.1. The van der Waals surface area contributed by atoms with Gasteiger partial charge in [0.15, 0.2) is 5.69 Å². The third-order valence-electron chi connectivity index (χ3n) is 4.26. The number of rotatable bonds is 4. The lowest BCUT2D eigenvalue weighted by Gasteiger charge is -2.32. The van der Waals surface area contributed by atoms with Gasteiger partial charge in [0.2, 0.25) is 0 Å². The van der Waals surface area contributed by atoms with E-state index in [2.05, 4.69) is 10.4 Å². The summed E-state index contributed by atoms with van der Waals surface area (Å²) in [6, 6.07) is 9.73. The molecule has 0 unspecified atom stereocenters. The van der Waals surface area contributed by atoms with Crippen LogP contribution >= 0.6 is 0 Å². The summed E-state index contributed by atoms with van der Waals surface area (Å²) in [4.78, 5) is 14.5. The lowest BCUT2D eigenvalue weighted by Crippen LogP contribution is -2.47. The standard InChI is InChI=1S/C17H22N4O2/c1-18-13-4-3-10-20(12-13)17(22)16-9-11-21(19-16)14-5-7-15(23-2)8-6-14/h5-9,11,13,18H,3-4,10,12H2,1-2H3/t13-/m1/s1. The van der Waals surface area contributed by atoms with E-state index in [-0.39, 0.29) is 5.91 Å². The summed E-state index contributed by atoms with van der Waals surface area (Å²) in [6.45, 7) is 1.54. The number of hydrogen-bond donors (Lipinski definition) is 1. The van der Waals surface area contributed by atoms with Gasteiger partial charge in [-0.05, 0) is 50.2 Å². The molecule has 1 amide bonds. The number of methoxy groups -OCH3 is 1. The SMILES string of the molecule is CN[C@@H]1CCCN(C(=O)c2ccn(-c3ccc(OC)cc3)n2)C1. The summed E-state index contributed by atoms with van der Waals surface area (Å²) >= 11 is 0. The van der Waals surface area contributed by atoms with E-state index >= 15 is 0 Å². The second kappa shape index (κ2) is 6.83. The number of amides is 1. The van der Waals surface area contributed by atoms with Crippen LogP contribution < -0.4 is 10.1 Å². The molecule has 1 aliphatic heterocycles. The maximum atomic E-state index is 12.6. The molecule has 0 spiro atoms. The largest absolute Gasteiger partial charge is 0.497 e. The van der Waals surface area contributed by atoms with E-state index in [9.17, 15) is 4.79 Å². The van der Waals surface area contributed by atoms with Gasteiger partial charge in [0.1, 0.15) is 5.75 Å². The molecule has 1 aromatic carbocycles. The number of carbonyl (C=O) groups excluding carboxylic acids is 1. The van der Waals surface area contributed by atoms with Crippen LogP contribution in [0.2, 0.25) is 0 Å². The van der Waals surface area contributed by atoms with Crippen molar-refractivity contribution >= 4 is 5.91 Å². The number of carbonyl (C=O) groups is 1. The summed E-state index contributed by atoms with van der Waals surface area (Å²) in [5, 5.41) is 7.68. The molecular formula is C17H22N4O2. The van der Waals surface area contributed by atoms with Crippen LogP contribution in [0, 0.1) is 0 Å². The Morgan fingerprint density at radius 1 is 1.30 bits per heavy atom. The van der Waals surface area contributed by atoms with Gasteiger partial charge >= 0.3 is 0 Å². The van der Waals surface area contributed by atoms with Crippen LogP contribution in [0.25, 0.3) is 5.69 Å². The van der Waals surface area contributed by atoms with Crippen LogP contribution in [-0.4, -0.2) is 53.9 Å². The highest BCUT2D eigenvalue weighted by atomic mass is 16.5. The molecule has 0 bridgehead atoms. The van der Waals surface area contributed by atoms with Crippen molar-refractivity contribution in [3.8, 4) is 11.4 Å². The minimum absolute atomic E-state index is 0.00258. The first-order valence-corrected chi connectivity index (χ1v) is 7.88. The molecule has 0 aliphatic carbocycles. The first-order valence-electron chi connectivity index (χ1n) is 7.88. The predicted octanol–water partition coefficient (Wildman–Crippen LogP) is 1.70. The van der Waals surface area contributed by atoms with Gasteiger partial charge in [-0.2, -0.15) is 5.10 Å². The Morgan fingerprint density at radius 2 is 2.09 bits per heavy atom. The van der Waals surface area contributed by atoms with Crippen molar-refractivity contribution < 1.29 is 9.53 Å². The molecule has 1 saturated heterocycles. The highest BCUT2D eigenvalue weighted by Gasteiger charge is 2.24. The number of ether oxygens (including phenoxy) is 1. The molecule has 2 heterocycles. The van der Waals surface area contributed by atoms with Crippen molar-refractivity contribution in [2.75, 3.05) is 27.2 Å². The molecule has 23 heavy (non-hydrogen) atoms. The Balaban J connectivity index is 1.74. The summed E-state index contributed by atoms with van der Waals surface area (Å²) in [6.07, 6.45) is 3.95. The monoisotopic (exact) mass is 314 g/mol. The summed E-state index contributed by atoms with van der Waals surface area (Å²) in [7, 11) is 3.58. The fraction of sp³-hybridized carbons (Fsp3) is 0.412. The van der Waals surface area contributed by atoms with E-state index in [4.69, 9.17) is 4.74 Å². The number of likely N-dealkylation sites (N-methyl/N-ethyl adjacent to an activating group) is 1. The molecule has 2 aromatic rings. The highest BCUT2D eigenvalue weighted by molar-refractivity contribution is 5.92. The quantitative estimate of drug-likeness (QED) is 0.933. The molecule has 1 N–H and O–H groups in total. The Bertz CT molecular complexity index is 665. The smallest absolute Gasteiger partial charge is 0.274 e. The second-order valence-corrected chi connectivity index (χ2v) is 5.72. The molecular weight excluding hydrogens is 292 g/mol. The van der Waals surface area contributed by atoms with Crippen molar-refractivity contribution in [1.29, 1.82) is 0 Å². The molecule has 1 aromatic heterocycles. The van der Waals surface area contributed by atoms with E-state index < -0.39 is 0 Å². The molecule has 122 valence electrons. The van der Waals surface area contributed by atoms with Gasteiger partial charge in [-0.3, -0.25) is 4.79 Å². The Kier molecular flexibility index (Phi) is 4.62. The van der Waals surface area contributed by atoms with Crippen LogP contribution in [-0.2, 0) is 0 Å². The third-order valence-corrected chi connectivity index (χ3v) is 4.26. The summed E-state index contributed by atoms with van der Waals surface area (Å²) in [5.41, 5.74) is 1.38. The number of likely N-dealkylation sites (tertiary alicyclic amines) is 1. The number of piperidine rings is 1. The third kappa shape index (κ3) is 3.37. The van der Waals surface area contributed by atoms with Gasteiger partial charge in [0.05, 0.1) is 12.8 Å². The van der Waals surface area contributed by atoms with Crippen LogP contribution in [0.5, 0.6) is 5.75 Å². The van der Waals surface area contributed by atoms with Gasteiger partial charge in [0, 0.05) is 25.3 Å². The molecule has 3 rings (SSSR count). The van der Waals surface area contributed by atoms with Crippen LogP contribution in [0.1, 0.15) is 23.3 Å². The zero-order chi connectivity index (χ0) is 16.2. The van der Waals surface area contributed by atoms with Crippen molar-refractivity contribution in [3.05, 3.63) is 42.2 Å². The van der Waals surface area contributed by atoms with E-state index in [1.165, 1.54) is 0 Å². The minimum atomic E-state index is -0.00258. The number of aromatic nitrogens is 2. The van der Waals surface area contributed by atoms with Crippen molar-refractivity contribution in [1.82, 2.24) is 20.0 Å². The van der Waals surface area contributed by atoms with E-state index in [0.717, 1.165) is 37.4 Å². The van der Waals surface area contributed by atoms with Gasteiger partial charge < -0.3 is 15.0 Å². The van der Waals surface area contributed by atoms with Crippen molar-refractivity contribution in [3.63, 3.8) is 0 Å². The average Bonchev–Trinajstić information content (AvgIpc) is 3.11. The predicted molar refractivity (Wildman–Crippen MR) is 88.1 cm³/mol. The molecule has 1 atom stereocenters. The zero-order valence-corrected chi connectivity index (χ0v) is 13.5. The van der Waals surface area contributed by atoms with Crippen LogP contribution in [0.4, 0.5) is 0 Å². The first kappa shape index (κ1) is 15.6. The number of nitrogens with one attached hydrogen (secondary N) is 1. The topological polar surface area (TPSA) is 59.4 Å². The molecule has 1 fully saturated rings. The minimum Gasteiger partial charge on any atom is -0.497 e. The average molecular weight is 314 g/mol. The molecule has 6 heteroatoms. The zero-order valence-electron chi connectivity index (χ0n) is 13.5. The summed E-state index contributed by atoms with van der Waals surface area (Å²) < 4.78 is 6.87. The molecule has 6 nitrogen and oxygen atoms in total. The molecule has 1 aliphatic rings. The van der Waals surface area contributed by atoms with Crippen LogP contribution in [0.3, 0.4) is 0 Å². The van der Waals surface area contributed by atoms with E-state index in [0.29, 0.717) is 11.7 Å². The van der Waals surface area contributed by atoms with E-state index in [1.807, 2.05) is 42.4 Å². The Hall–Kier alpha value is -2.34. The highest BCUT2D eigenvalue weighted by Crippen LogP contribution is 2.16. The summed E-state index contributed by atoms with van der Waals surface area (Å²) in [5.74, 6) is 0.792. The van der Waals surface area contributed by atoms with E-state index in [1.54, 1.807) is 17.9 Å². The lowest BCUT2D eigenvalue weighted by molar-refractivity contribution is 0.0691. The van der Waals surface area contributed by atoms with Gasteiger partial charge in [0.25, 0.3) is 5.91 Å². The van der Waals surface area contributed by atoms with Crippen molar-refractivity contribution in [2.45, 2.75) is 18.9 Å². The van der Waals surface area contributed by atoms with Gasteiger partial charge in [-0.1, -0.05) is 0 Å². The normalized spacial score (nSPS) is 18.0. The Morgan fingerprint density at radius 3 is 2.78 bits per heavy atom.